The van der Waals surface area contributed by atoms with Crippen molar-refractivity contribution in [2.75, 3.05) is 19.6 Å². The number of nitro groups is 1. The third-order valence-electron chi connectivity index (χ3n) is 3.93. The Bertz CT molecular complexity index is 519. The van der Waals surface area contributed by atoms with Crippen molar-refractivity contribution in [3.8, 4) is 0 Å². The zero-order chi connectivity index (χ0) is 13.4. The summed E-state index contributed by atoms with van der Waals surface area (Å²) < 4.78 is 4.97. The summed E-state index contributed by atoms with van der Waals surface area (Å²) in [5, 5.41) is 14.0. The number of halogens is 1. The molecular weight excluding hydrogens is 286 g/mol. The van der Waals surface area contributed by atoms with Crippen LogP contribution in [-0.2, 0) is 0 Å². The predicted octanol–water partition coefficient (Wildman–Crippen LogP) is 1.43. The molecule has 1 aromatic rings. The first-order valence-electron chi connectivity index (χ1n) is 6.42. The van der Waals surface area contributed by atoms with Crippen LogP contribution in [0.3, 0.4) is 0 Å². The van der Waals surface area contributed by atoms with Crippen molar-refractivity contribution in [1.29, 1.82) is 0 Å². The third kappa shape index (κ3) is 2.64. The van der Waals surface area contributed by atoms with Gasteiger partial charge in [0.05, 0.1) is 6.07 Å². The van der Waals surface area contributed by atoms with Crippen LogP contribution in [0.1, 0.15) is 23.4 Å². The molecule has 2 saturated heterocycles. The molecule has 0 saturated carbocycles. The second-order valence-electron chi connectivity index (χ2n) is 5.04. The van der Waals surface area contributed by atoms with E-state index in [1.54, 1.807) is 4.90 Å². The van der Waals surface area contributed by atoms with E-state index in [0.29, 0.717) is 25.0 Å². The molecule has 8 heteroatoms. The molecule has 1 N–H and O–H groups in total. The highest BCUT2D eigenvalue weighted by molar-refractivity contribution is 5.91. The minimum atomic E-state index is -0.635. The smallest absolute Gasteiger partial charge is 0.395 e. The first-order valence-corrected chi connectivity index (χ1v) is 6.42. The number of fused-ring (bicyclic) bond motifs is 1. The van der Waals surface area contributed by atoms with E-state index in [-0.39, 0.29) is 30.0 Å². The van der Waals surface area contributed by atoms with E-state index in [2.05, 4.69) is 5.32 Å². The highest BCUT2D eigenvalue weighted by Crippen LogP contribution is 2.26. The van der Waals surface area contributed by atoms with Gasteiger partial charge in [0, 0.05) is 19.1 Å². The van der Waals surface area contributed by atoms with Gasteiger partial charge in [-0.1, -0.05) is 0 Å². The van der Waals surface area contributed by atoms with Crippen molar-refractivity contribution in [3.05, 3.63) is 28.0 Å². The Morgan fingerprint density at radius 1 is 1.45 bits per heavy atom. The van der Waals surface area contributed by atoms with Gasteiger partial charge in [0.15, 0.2) is 5.76 Å². The number of furan rings is 1. The van der Waals surface area contributed by atoms with Crippen LogP contribution in [0.2, 0.25) is 0 Å². The lowest BCUT2D eigenvalue weighted by Gasteiger charge is -2.34. The molecule has 2 aliphatic rings. The molecule has 0 bridgehead atoms. The van der Waals surface area contributed by atoms with Gasteiger partial charge in [-0.05, 0) is 31.4 Å². The summed E-state index contributed by atoms with van der Waals surface area (Å²) in [4.78, 5) is 23.9. The summed E-state index contributed by atoms with van der Waals surface area (Å²) in [5.41, 5.74) is 0. The SMILES string of the molecule is Cl.O=C(c1ccc([N+](=O)[O-])o1)N1CCC2NCCC2C1. The molecule has 2 atom stereocenters. The van der Waals surface area contributed by atoms with E-state index in [0.717, 1.165) is 19.4 Å². The Hall–Kier alpha value is -1.60. The molecule has 1 amide bonds. The topological polar surface area (TPSA) is 88.6 Å². The lowest BCUT2D eigenvalue weighted by molar-refractivity contribution is -0.402. The summed E-state index contributed by atoms with van der Waals surface area (Å²) >= 11 is 0. The van der Waals surface area contributed by atoms with Crippen LogP contribution in [0.25, 0.3) is 0 Å². The molecule has 110 valence electrons. The van der Waals surface area contributed by atoms with E-state index >= 15 is 0 Å². The molecule has 20 heavy (non-hydrogen) atoms. The van der Waals surface area contributed by atoms with Gasteiger partial charge in [0.2, 0.25) is 0 Å². The van der Waals surface area contributed by atoms with Crippen LogP contribution in [0, 0.1) is 16.0 Å². The molecule has 2 fully saturated rings. The number of nitrogens with one attached hydrogen (secondary N) is 1. The van der Waals surface area contributed by atoms with Gasteiger partial charge in [-0.3, -0.25) is 14.9 Å². The molecule has 0 spiro atoms. The molecule has 1 aromatic heterocycles. The Kier molecular flexibility index (Phi) is 4.29. The standard InChI is InChI=1S/C12H15N3O4.ClH/c16-12(10-1-2-11(19-10)15(17)18)14-6-4-9-8(7-14)3-5-13-9;/h1-2,8-9,13H,3-7H2;1H. The van der Waals surface area contributed by atoms with Crippen molar-refractivity contribution < 1.29 is 14.1 Å². The van der Waals surface area contributed by atoms with Crippen LogP contribution in [0.4, 0.5) is 5.88 Å². The van der Waals surface area contributed by atoms with Crippen LogP contribution in [-0.4, -0.2) is 41.4 Å². The lowest BCUT2D eigenvalue weighted by Crippen LogP contribution is -2.46. The normalized spacial score (nSPS) is 24.9. The minimum Gasteiger partial charge on any atom is -0.395 e. The molecular formula is C12H16ClN3O4. The minimum absolute atomic E-state index is 0. The summed E-state index contributed by atoms with van der Waals surface area (Å²) in [7, 11) is 0. The highest BCUT2D eigenvalue weighted by atomic mass is 35.5. The van der Waals surface area contributed by atoms with Gasteiger partial charge in [-0.15, -0.1) is 12.4 Å². The van der Waals surface area contributed by atoms with Gasteiger partial charge < -0.3 is 14.6 Å². The van der Waals surface area contributed by atoms with Crippen molar-refractivity contribution in [1.82, 2.24) is 10.2 Å². The van der Waals surface area contributed by atoms with Gasteiger partial charge in [0.25, 0.3) is 5.91 Å². The highest BCUT2D eigenvalue weighted by Gasteiger charge is 2.35. The first-order chi connectivity index (χ1) is 9.15. The number of carbonyl (C=O) groups is 1. The maximum atomic E-state index is 12.2. The number of hydrogen-bond donors (Lipinski definition) is 1. The Morgan fingerprint density at radius 3 is 2.95 bits per heavy atom. The summed E-state index contributed by atoms with van der Waals surface area (Å²) in [6.07, 6.45) is 2.01. The molecule has 2 unspecified atom stereocenters. The van der Waals surface area contributed by atoms with E-state index in [1.165, 1.54) is 12.1 Å². The number of rotatable bonds is 2. The molecule has 0 aliphatic carbocycles. The number of hydrogen-bond acceptors (Lipinski definition) is 5. The fraction of sp³-hybridized carbons (Fsp3) is 0.583. The average molecular weight is 302 g/mol. The fourth-order valence-electron chi connectivity index (χ4n) is 2.93. The quantitative estimate of drug-likeness (QED) is 0.659. The zero-order valence-corrected chi connectivity index (χ0v) is 11.6. The largest absolute Gasteiger partial charge is 0.433 e. The number of amides is 1. The number of likely N-dealkylation sites (tertiary alicyclic amines) is 1. The second-order valence-corrected chi connectivity index (χ2v) is 5.04. The second kappa shape index (κ2) is 5.80. The Labute approximate surface area is 121 Å². The number of carbonyl (C=O) groups excluding carboxylic acids is 1. The van der Waals surface area contributed by atoms with Gasteiger partial charge in [-0.2, -0.15) is 0 Å². The van der Waals surface area contributed by atoms with E-state index < -0.39 is 4.92 Å². The summed E-state index contributed by atoms with van der Waals surface area (Å²) in [6.45, 7) is 2.37. The molecule has 7 nitrogen and oxygen atoms in total. The zero-order valence-electron chi connectivity index (χ0n) is 10.8. The van der Waals surface area contributed by atoms with E-state index in [4.69, 9.17) is 4.42 Å². The van der Waals surface area contributed by atoms with Crippen molar-refractivity contribution in [2.45, 2.75) is 18.9 Å². The maximum absolute atomic E-state index is 12.2. The number of piperidine rings is 1. The predicted molar refractivity (Wildman–Crippen MR) is 73.0 cm³/mol. The molecule has 0 aromatic carbocycles. The fourth-order valence-corrected chi connectivity index (χ4v) is 2.93. The van der Waals surface area contributed by atoms with E-state index in [1.807, 2.05) is 0 Å². The van der Waals surface area contributed by atoms with Crippen molar-refractivity contribution in [2.24, 2.45) is 5.92 Å². The van der Waals surface area contributed by atoms with Crippen LogP contribution >= 0.6 is 12.4 Å². The molecule has 2 aliphatic heterocycles. The maximum Gasteiger partial charge on any atom is 0.433 e. The lowest BCUT2D eigenvalue weighted by atomic mass is 9.93. The molecule has 0 radical (unpaired) electrons. The monoisotopic (exact) mass is 301 g/mol. The van der Waals surface area contributed by atoms with Gasteiger partial charge >= 0.3 is 5.88 Å². The van der Waals surface area contributed by atoms with Crippen LogP contribution in [0.15, 0.2) is 16.5 Å². The summed E-state index contributed by atoms with van der Waals surface area (Å²) in [6, 6.07) is 3.10. The Balaban J connectivity index is 0.00000147. The van der Waals surface area contributed by atoms with Crippen molar-refractivity contribution >= 4 is 24.2 Å². The first kappa shape index (κ1) is 14.8. The van der Waals surface area contributed by atoms with Gasteiger partial charge in [0.1, 0.15) is 4.92 Å². The van der Waals surface area contributed by atoms with Crippen LogP contribution in [0.5, 0.6) is 0 Å². The van der Waals surface area contributed by atoms with E-state index in [9.17, 15) is 14.9 Å². The molecule has 3 heterocycles. The number of nitrogens with zero attached hydrogens (tertiary/aromatic N) is 2. The molecule has 3 rings (SSSR count). The Morgan fingerprint density at radius 2 is 2.25 bits per heavy atom. The van der Waals surface area contributed by atoms with Gasteiger partial charge in [-0.25, -0.2) is 0 Å². The summed E-state index contributed by atoms with van der Waals surface area (Å²) in [5.74, 6) is -0.0991. The third-order valence-corrected chi connectivity index (χ3v) is 3.93. The van der Waals surface area contributed by atoms with Crippen molar-refractivity contribution in [3.63, 3.8) is 0 Å². The van der Waals surface area contributed by atoms with Crippen LogP contribution < -0.4 is 5.32 Å². The average Bonchev–Trinajstić information content (AvgIpc) is 3.06.